The number of amides is 1. The monoisotopic (exact) mass is 372 g/mol. The molecule has 1 amide bonds. The molecule has 27 heavy (non-hydrogen) atoms. The number of aryl methyl sites for hydroxylation is 2. The average Bonchev–Trinajstić information content (AvgIpc) is 2.94. The molecule has 2 N–H and O–H groups in total. The predicted octanol–water partition coefficient (Wildman–Crippen LogP) is 1.74. The summed E-state index contributed by atoms with van der Waals surface area (Å²) in [6.45, 7) is 2.71. The molecule has 0 aliphatic carbocycles. The Kier molecular flexibility index (Phi) is 6.08. The van der Waals surface area contributed by atoms with Gasteiger partial charge in [0.15, 0.2) is 0 Å². The van der Waals surface area contributed by atoms with E-state index in [0.717, 1.165) is 37.4 Å². The molecule has 8 nitrogen and oxygen atoms in total. The van der Waals surface area contributed by atoms with Crippen molar-refractivity contribution in [3.05, 3.63) is 41.2 Å². The lowest BCUT2D eigenvalue weighted by Crippen LogP contribution is -2.13. The number of methoxy groups -OCH3 is 2. The molecule has 2 aromatic rings. The minimum atomic E-state index is -0.487. The molecule has 0 saturated heterocycles. The third-order valence-electron chi connectivity index (χ3n) is 4.44. The van der Waals surface area contributed by atoms with Crippen LogP contribution in [0.1, 0.15) is 34.6 Å². The highest BCUT2D eigenvalue weighted by atomic mass is 16.5. The first-order valence-corrected chi connectivity index (χ1v) is 8.93. The van der Waals surface area contributed by atoms with Gasteiger partial charge in [0.25, 0.3) is 0 Å². The Balaban J connectivity index is 1.58. The molecule has 0 spiro atoms. The van der Waals surface area contributed by atoms with Crippen molar-refractivity contribution in [2.75, 3.05) is 26.1 Å². The number of benzene rings is 1. The van der Waals surface area contributed by atoms with E-state index < -0.39 is 5.97 Å². The molecule has 8 heteroatoms. The molecule has 1 aliphatic heterocycles. The number of aromatic nitrogens is 2. The Labute approximate surface area is 157 Å². The molecular formula is C19H24N4O4. The Morgan fingerprint density at radius 3 is 2.93 bits per heavy atom. The quantitative estimate of drug-likeness (QED) is 0.750. The molecule has 0 atom stereocenters. The summed E-state index contributed by atoms with van der Waals surface area (Å²) in [6.07, 6.45) is 1.95. The lowest BCUT2D eigenvalue weighted by atomic mass is 10.1. The minimum absolute atomic E-state index is 0.121. The van der Waals surface area contributed by atoms with E-state index in [1.54, 1.807) is 18.2 Å². The first kappa shape index (κ1) is 18.9. The van der Waals surface area contributed by atoms with Gasteiger partial charge < -0.3 is 20.1 Å². The Morgan fingerprint density at radius 2 is 2.15 bits per heavy atom. The predicted molar refractivity (Wildman–Crippen MR) is 99.8 cm³/mol. The lowest BCUT2D eigenvalue weighted by Gasteiger charge is -2.10. The summed E-state index contributed by atoms with van der Waals surface area (Å²) < 4.78 is 11.9. The van der Waals surface area contributed by atoms with Crippen molar-refractivity contribution < 1.29 is 19.1 Å². The maximum absolute atomic E-state index is 12.3. The van der Waals surface area contributed by atoms with Crippen molar-refractivity contribution >= 4 is 17.6 Å². The van der Waals surface area contributed by atoms with Gasteiger partial charge >= 0.3 is 5.97 Å². The van der Waals surface area contributed by atoms with Gasteiger partial charge in [-0.3, -0.25) is 9.48 Å². The third-order valence-corrected chi connectivity index (χ3v) is 4.44. The van der Waals surface area contributed by atoms with Gasteiger partial charge in [-0.25, -0.2) is 4.79 Å². The van der Waals surface area contributed by atoms with Crippen LogP contribution >= 0.6 is 0 Å². The van der Waals surface area contributed by atoms with Crippen molar-refractivity contribution in [2.45, 2.75) is 32.4 Å². The van der Waals surface area contributed by atoms with Crippen molar-refractivity contribution in [2.24, 2.45) is 0 Å². The number of carbonyl (C=O) groups excluding carboxylic acids is 2. The van der Waals surface area contributed by atoms with Crippen LogP contribution in [0.3, 0.4) is 0 Å². The zero-order chi connectivity index (χ0) is 19.2. The van der Waals surface area contributed by atoms with Crippen LogP contribution in [0, 0.1) is 0 Å². The molecule has 1 aromatic carbocycles. The molecule has 0 radical (unpaired) electrons. The fourth-order valence-electron chi connectivity index (χ4n) is 3.06. The first-order valence-electron chi connectivity index (χ1n) is 8.93. The number of fused-ring (bicyclic) bond motifs is 1. The largest absolute Gasteiger partial charge is 0.496 e. The fourth-order valence-corrected chi connectivity index (χ4v) is 3.06. The number of esters is 1. The standard InChI is InChI=1S/C19H24N4O4/c1-26-17-11-13(4-6-16(17)19(25)27-2)21-18(24)7-5-14-10-15-12-20-8-3-9-23(15)22-14/h4,6,10-11,20H,3,5,7-9,12H2,1-2H3,(H,21,24). The van der Waals surface area contributed by atoms with Gasteiger partial charge in [0.05, 0.1) is 25.6 Å². The molecule has 0 fully saturated rings. The van der Waals surface area contributed by atoms with Crippen molar-refractivity contribution in [1.29, 1.82) is 0 Å². The number of nitrogens with zero attached hydrogens (tertiary/aromatic N) is 2. The maximum atomic E-state index is 12.3. The number of rotatable bonds is 6. The van der Waals surface area contributed by atoms with Gasteiger partial charge in [-0.1, -0.05) is 0 Å². The Morgan fingerprint density at radius 1 is 1.30 bits per heavy atom. The third kappa shape index (κ3) is 4.65. The van der Waals surface area contributed by atoms with E-state index >= 15 is 0 Å². The van der Waals surface area contributed by atoms with E-state index in [1.165, 1.54) is 14.2 Å². The highest BCUT2D eigenvalue weighted by molar-refractivity contribution is 5.95. The summed E-state index contributed by atoms with van der Waals surface area (Å²) in [6, 6.07) is 6.88. The van der Waals surface area contributed by atoms with Crippen molar-refractivity contribution in [3.8, 4) is 5.75 Å². The molecule has 1 aliphatic rings. The van der Waals surface area contributed by atoms with Crippen LogP contribution in [0.15, 0.2) is 24.3 Å². The summed E-state index contributed by atoms with van der Waals surface area (Å²) in [4.78, 5) is 24.0. The number of hydrogen-bond acceptors (Lipinski definition) is 6. The van der Waals surface area contributed by atoms with Gasteiger partial charge in [-0.2, -0.15) is 5.10 Å². The Bertz CT molecular complexity index is 808. The van der Waals surface area contributed by atoms with Crippen LogP contribution in [0.4, 0.5) is 5.69 Å². The smallest absolute Gasteiger partial charge is 0.341 e. The van der Waals surface area contributed by atoms with Gasteiger partial charge in [0, 0.05) is 37.7 Å². The van der Waals surface area contributed by atoms with E-state index in [0.29, 0.717) is 29.8 Å². The SMILES string of the molecule is COC(=O)c1ccc(NC(=O)CCc2cc3n(n2)CCCNC3)cc1OC. The second kappa shape index (κ2) is 8.68. The van der Waals surface area contributed by atoms with Crippen LogP contribution in [0.2, 0.25) is 0 Å². The fraction of sp³-hybridized carbons (Fsp3) is 0.421. The average molecular weight is 372 g/mol. The van der Waals surface area contributed by atoms with E-state index in [-0.39, 0.29) is 5.91 Å². The first-order chi connectivity index (χ1) is 13.1. The highest BCUT2D eigenvalue weighted by Gasteiger charge is 2.15. The number of hydrogen-bond donors (Lipinski definition) is 2. The molecule has 3 rings (SSSR count). The second-order valence-electron chi connectivity index (χ2n) is 6.34. The Hall–Kier alpha value is -2.87. The molecule has 144 valence electrons. The molecule has 0 unspecified atom stereocenters. The number of ether oxygens (including phenoxy) is 2. The van der Waals surface area contributed by atoms with E-state index in [2.05, 4.69) is 21.8 Å². The van der Waals surface area contributed by atoms with Crippen LogP contribution < -0.4 is 15.4 Å². The van der Waals surface area contributed by atoms with Gasteiger partial charge in [0.1, 0.15) is 11.3 Å². The molecule has 2 heterocycles. The second-order valence-corrected chi connectivity index (χ2v) is 6.34. The number of carbonyl (C=O) groups is 2. The van der Waals surface area contributed by atoms with E-state index in [1.807, 2.05) is 4.68 Å². The van der Waals surface area contributed by atoms with Crippen LogP contribution in [-0.4, -0.2) is 42.4 Å². The normalized spacial score (nSPS) is 13.4. The number of nitrogens with one attached hydrogen (secondary N) is 2. The van der Waals surface area contributed by atoms with Gasteiger partial charge in [-0.05, 0) is 31.2 Å². The van der Waals surface area contributed by atoms with Gasteiger partial charge in [-0.15, -0.1) is 0 Å². The summed E-state index contributed by atoms with van der Waals surface area (Å²) in [5.41, 5.74) is 2.95. The zero-order valence-corrected chi connectivity index (χ0v) is 15.6. The number of anilines is 1. The molecule has 1 aromatic heterocycles. The molecular weight excluding hydrogens is 348 g/mol. The van der Waals surface area contributed by atoms with Gasteiger partial charge in [0.2, 0.25) is 5.91 Å². The molecule has 0 bridgehead atoms. The van der Waals surface area contributed by atoms with E-state index in [4.69, 9.17) is 9.47 Å². The molecule has 0 saturated carbocycles. The summed E-state index contributed by atoms with van der Waals surface area (Å²) in [5.74, 6) is -0.257. The zero-order valence-electron chi connectivity index (χ0n) is 15.6. The summed E-state index contributed by atoms with van der Waals surface area (Å²) in [5, 5.41) is 10.8. The van der Waals surface area contributed by atoms with Crippen molar-refractivity contribution in [3.63, 3.8) is 0 Å². The van der Waals surface area contributed by atoms with Crippen LogP contribution in [0.5, 0.6) is 5.75 Å². The van der Waals surface area contributed by atoms with Crippen molar-refractivity contribution in [1.82, 2.24) is 15.1 Å². The van der Waals surface area contributed by atoms with E-state index in [9.17, 15) is 9.59 Å². The van der Waals surface area contributed by atoms with Crippen LogP contribution in [0.25, 0.3) is 0 Å². The summed E-state index contributed by atoms with van der Waals surface area (Å²) in [7, 11) is 2.77. The summed E-state index contributed by atoms with van der Waals surface area (Å²) >= 11 is 0. The highest BCUT2D eigenvalue weighted by Crippen LogP contribution is 2.24. The lowest BCUT2D eigenvalue weighted by molar-refractivity contribution is -0.116. The minimum Gasteiger partial charge on any atom is -0.496 e. The van der Waals surface area contributed by atoms with Crippen LogP contribution in [-0.2, 0) is 29.0 Å². The topological polar surface area (TPSA) is 94.5 Å². The maximum Gasteiger partial charge on any atom is 0.341 e.